The van der Waals surface area contributed by atoms with E-state index in [4.69, 9.17) is 0 Å². The van der Waals surface area contributed by atoms with E-state index in [1.807, 2.05) is 34.7 Å². The molecule has 0 radical (unpaired) electrons. The Balaban J connectivity index is 1.56. The Morgan fingerprint density at radius 3 is 2.68 bits per heavy atom. The van der Waals surface area contributed by atoms with Crippen LogP contribution in [0.15, 0.2) is 59.5 Å². The van der Waals surface area contributed by atoms with Crippen LogP contribution in [-0.4, -0.2) is 36.7 Å². The Labute approximate surface area is 163 Å². The van der Waals surface area contributed by atoms with Crippen LogP contribution in [-0.2, 0) is 24.3 Å². The number of nitrogens with zero attached hydrogens (tertiary/aromatic N) is 5. The Hall–Kier alpha value is -3.22. The maximum absolute atomic E-state index is 13.1. The number of hydrogen-bond acceptors (Lipinski definition) is 4. The van der Waals surface area contributed by atoms with Crippen molar-refractivity contribution in [2.45, 2.75) is 38.9 Å². The summed E-state index contributed by atoms with van der Waals surface area (Å²) in [6.07, 6.45) is 2.69. The molecule has 144 valence electrons. The Morgan fingerprint density at radius 1 is 1.11 bits per heavy atom. The molecular formula is C21H23N5O2. The first-order valence-corrected chi connectivity index (χ1v) is 9.52. The van der Waals surface area contributed by atoms with Crippen molar-refractivity contribution in [1.82, 2.24) is 24.2 Å². The average molecular weight is 377 g/mol. The summed E-state index contributed by atoms with van der Waals surface area (Å²) in [4.78, 5) is 31.4. The van der Waals surface area contributed by atoms with Gasteiger partial charge in [-0.05, 0) is 18.6 Å². The largest absolute Gasteiger partial charge is 0.330 e. The van der Waals surface area contributed by atoms with E-state index in [1.54, 1.807) is 22.9 Å². The van der Waals surface area contributed by atoms with Crippen LogP contribution < -0.4 is 5.56 Å². The van der Waals surface area contributed by atoms with Crippen LogP contribution in [0.1, 0.15) is 29.7 Å². The second kappa shape index (κ2) is 7.80. The molecule has 1 aliphatic heterocycles. The molecule has 0 fully saturated rings. The highest BCUT2D eigenvalue weighted by Gasteiger charge is 2.33. The zero-order valence-electron chi connectivity index (χ0n) is 15.9. The highest BCUT2D eigenvalue weighted by atomic mass is 16.2. The van der Waals surface area contributed by atoms with Crippen LogP contribution >= 0.6 is 0 Å². The number of benzene rings is 1. The van der Waals surface area contributed by atoms with E-state index in [-0.39, 0.29) is 23.9 Å². The minimum absolute atomic E-state index is 0.0311. The molecule has 2 aromatic heterocycles. The molecular weight excluding hydrogens is 354 g/mol. The zero-order chi connectivity index (χ0) is 19.5. The highest BCUT2D eigenvalue weighted by Crippen LogP contribution is 2.28. The van der Waals surface area contributed by atoms with Crippen LogP contribution in [0.25, 0.3) is 0 Å². The third-order valence-corrected chi connectivity index (χ3v) is 5.09. The van der Waals surface area contributed by atoms with Gasteiger partial charge in [-0.2, -0.15) is 5.10 Å². The predicted octanol–water partition coefficient (Wildman–Crippen LogP) is 1.96. The fourth-order valence-electron chi connectivity index (χ4n) is 3.72. The first kappa shape index (κ1) is 18.2. The maximum atomic E-state index is 13.1. The molecule has 0 saturated carbocycles. The number of rotatable bonds is 5. The Bertz CT molecular complexity index is 1020. The number of aromatic nitrogens is 4. The van der Waals surface area contributed by atoms with Crippen molar-refractivity contribution >= 4 is 5.91 Å². The van der Waals surface area contributed by atoms with Gasteiger partial charge in [0.25, 0.3) is 5.56 Å². The number of aryl methyl sites for hydroxylation is 2. The minimum atomic E-state index is -0.155. The summed E-state index contributed by atoms with van der Waals surface area (Å²) in [5, 5.41) is 4.46. The monoisotopic (exact) mass is 377 g/mol. The fraction of sp³-hybridized carbons (Fsp3) is 0.333. The third kappa shape index (κ3) is 3.74. The summed E-state index contributed by atoms with van der Waals surface area (Å²) in [6, 6.07) is 15.0. The van der Waals surface area contributed by atoms with Crippen LogP contribution in [0, 0.1) is 6.92 Å². The summed E-state index contributed by atoms with van der Waals surface area (Å²) in [5.41, 5.74) is 1.06. The number of carbonyl (C=O) groups excluding carboxylic acids is 1. The topological polar surface area (TPSA) is 73.0 Å². The normalized spacial score (nSPS) is 16.0. The number of carbonyl (C=O) groups is 1. The van der Waals surface area contributed by atoms with Crippen molar-refractivity contribution in [2.24, 2.45) is 0 Å². The van der Waals surface area contributed by atoms with Gasteiger partial charge in [-0.25, -0.2) is 9.67 Å². The molecule has 28 heavy (non-hydrogen) atoms. The number of fused-ring (bicyclic) bond motifs is 1. The lowest BCUT2D eigenvalue weighted by Gasteiger charge is -2.35. The Morgan fingerprint density at radius 2 is 1.89 bits per heavy atom. The van der Waals surface area contributed by atoms with E-state index in [0.29, 0.717) is 26.1 Å². The zero-order valence-corrected chi connectivity index (χ0v) is 15.9. The van der Waals surface area contributed by atoms with Gasteiger partial charge in [0.15, 0.2) is 0 Å². The second-order valence-electron chi connectivity index (χ2n) is 7.02. The Kier molecular flexibility index (Phi) is 5.06. The van der Waals surface area contributed by atoms with Crippen molar-refractivity contribution in [1.29, 1.82) is 0 Å². The van der Waals surface area contributed by atoms with Gasteiger partial charge in [0.05, 0.1) is 12.6 Å². The highest BCUT2D eigenvalue weighted by molar-refractivity contribution is 5.76. The van der Waals surface area contributed by atoms with Gasteiger partial charge >= 0.3 is 0 Å². The SMILES string of the molecule is Cc1nc2n(n1)CCN(C(=O)CCn1ccccc1=O)[C@H]2Cc1ccccc1. The van der Waals surface area contributed by atoms with Crippen LogP contribution in [0.3, 0.4) is 0 Å². The minimum Gasteiger partial charge on any atom is -0.330 e. The summed E-state index contributed by atoms with van der Waals surface area (Å²) >= 11 is 0. The number of hydrogen-bond donors (Lipinski definition) is 0. The van der Waals surface area contributed by atoms with Gasteiger partial charge in [0, 0.05) is 38.2 Å². The lowest BCUT2D eigenvalue weighted by molar-refractivity contribution is -0.135. The van der Waals surface area contributed by atoms with Gasteiger partial charge in [-0.1, -0.05) is 36.4 Å². The summed E-state index contributed by atoms with van der Waals surface area (Å²) in [6.45, 7) is 3.48. The molecule has 7 nitrogen and oxygen atoms in total. The molecule has 1 amide bonds. The summed E-state index contributed by atoms with van der Waals surface area (Å²) < 4.78 is 3.48. The molecule has 0 N–H and O–H groups in total. The van der Waals surface area contributed by atoms with Crippen molar-refractivity contribution in [3.05, 3.63) is 82.3 Å². The quantitative estimate of drug-likeness (QED) is 0.681. The van der Waals surface area contributed by atoms with Gasteiger partial charge in [0.2, 0.25) is 5.91 Å². The van der Waals surface area contributed by atoms with E-state index >= 15 is 0 Å². The lowest BCUT2D eigenvalue weighted by atomic mass is 10.0. The van der Waals surface area contributed by atoms with Crippen LogP contribution in [0.5, 0.6) is 0 Å². The smallest absolute Gasteiger partial charge is 0.250 e. The first-order chi connectivity index (χ1) is 13.6. The standard InChI is InChI=1S/C21H23N5O2/c1-16-22-21-18(15-17-7-3-2-4-8-17)25(13-14-26(21)23-16)20(28)10-12-24-11-6-5-9-19(24)27/h2-9,11,18H,10,12-15H2,1H3/t18-/m0/s1. The molecule has 1 aromatic carbocycles. The number of pyridine rings is 1. The van der Waals surface area contributed by atoms with E-state index < -0.39 is 0 Å². The van der Waals surface area contributed by atoms with Crippen molar-refractivity contribution in [3.8, 4) is 0 Å². The molecule has 0 bridgehead atoms. The lowest BCUT2D eigenvalue weighted by Crippen LogP contribution is -2.44. The molecule has 4 rings (SSSR count). The maximum Gasteiger partial charge on any atom is 0.250 e. The van der Waals surface area contributed by atoms with Gasteiger partial charge in [-0.15, -0.1) is 0 Å². The van der Waals surface area contributed by atoms with E-state index in [2.05, 4.69) is 22.2 Å². The molecule has 0 spiro atoms. The first-order valence-electron chi connectivity index (χ1n) is 9.52. The molecule has 1 atom stereocenters. The molecule has 0 unspecified atom stereocenters. The van der Waals surface area contributed by atoms with Crippen LogP contribution in [0.4, 0.5) is 0 Å². The van der Waals surface area contributed by atoms with Crippen molar-refractivity contribution in [3.63, 3.8) is 0 Å². The van der Waals surface area contributed by atoms with Gasteiger partial charge in [-0.3, -0.25) is 9.59 Å². The average Bonchev–Trinajstić information content (AvgIpc) is 3.09. The fourth-order valence-corrected chi connectivity index (χ4v) is 3.72. The van der Waals surface area contributed by atoms with E-state index in [9.17, 15) is 9.59 Å². The second-order valence-corrected chi connectivity index (χ2v) is 7.02. The summed E-state index contributed by atoms with van der Waals surface area (Å²) in [7, 11) is 0. The third-order valence-electron chi connectivity index (χ3n) is 5.09. The predicted molar refractivity (Wildman–Crippen MR) is 105 cm³/mol. The van der Waals surface area contributed by atoms with Crippen molar-refractivity contribution < 1.29 is 4.79 Å². The van der Waals surface area contributed by atoms with E-state index in [0.717, 1.165) is 17.2 Å². The summed E-state index contributed by atoms with van der Waals surface area (Å²) in [5.74, 6) is 1.58. The molecule has 0 aliphatic carbocycles. The van der Waals surface area contributed by atoms with Crippen molar-refractivity contribution in [2.75, 3.05) is 6.54 Å². The van der Waals surface area contributed by atoms with Gasteiger partial charge < -0.3 is 9.47 Å². The van der Waals surface area contributed by atoms with E-state index in [1.165, 1.54) is 6.07 Å². The molecule has 7 heteroatoms. The van der Waals surface area contributed by atoms with Crippen LogP contribution in [0.2, 0.25) is 0 Å². The molecule has 3 heterocycles. The van der Waals surface area contributed by atoms with Gasteiger partial charge in [0.1, 0.15) is 11.6 Å². The molecule has 3 aromatic rings. The molecule has 0 saturated heterocycles. The number of amides is 1. The molecule has 1 aliphatic rings.